The molecule has 0 fully saturated rings. The molecule has 0 aliphatic heterocycles. The van der Waals surface area contributed by atoms with Crippen molar-refractivity contribution in [1.82, 2.24) is 0 Å². The van der Waals surface area contributed by atoms with Gasteiger partial charge in [-0.3, -0.25) is 4.79 Å². The Morgan fingerprint density at radius 2 is 1.95 bits per heavy atom. The van der Waals surface area contributed by atoms with Crippen molar-refractivity contribution in [1.29, 1.82) is 0 Å². The summed E-state index contributed by atoms with van der Waals surface area (Å²) in [6.45, 7) is 0. The van der Waals surface area contributed by atoms with E-state index in [1.54, 1.807) is 12.1 Å². The minimum atomic E-state index is -4.43. The maximum absolute atomic E-state index is 12.5. The van der Waals surface area contributed by atoms with Crippen LogP contribution in [0.2, 0.25) is 0 Å². The van der Waals surface area contributed by atoms with Crippen LogP contribution in [0.5, 0.6) is 0 Å². The number of carbonyl (C=O) groups is 1. The van der Waals surface area contributed by atoms with Crippen LogP contribution in [0.25, 0.3) is 0 Å². The molecule has 0 amide bonds. The molecule has 2 rings (SSSR count). The normalized spacial score (nSPS) is 11.5. The molecule has 19 heavy (non-hydrogen) atoms. The molecule has 0 saturated heterocycles. The Labute approximate surface area is 107 Å². The highest BCUT2D eigenvalue weighted by Gasteiger charge is 2.30. The van der Waals surface area contributed by atoms with Crippen LogP contribution < -0.4 is 0 Å². The second kappa shape index (κ2) is 5.30. The minimum absolute atomic E-state index is 0.0707. The molecule has 1 heterocycles. The highest BCUT2D eigenvalue weighted by Crippen LogP contribution is 2.29. The van der Waals surface area contributed by atoms with Gasteiger partial charge < -0.3 is 4.42 Å². The number of alkyl halides is 3. The van der Waals surface area contributed by atoms with Gasteiger partial charge in [-0.1, -0.05) is 12.1 Å². The molecule has 0 aliphatic rings. The Bertz CT molecular complexity index is 556. The molecule has 0 radical (unpaired) electrons. The fourth-order valence-corrected chi connectivity index (χ4v) is 1.70. The molecule has 100 valence electrons. The maximum atomic E-state index is 12.5. The minimum Gasteiger partial charge on any atom is -0.469 e. The zero-order chi connectivity index (χ0) is 13.9. The van der Waals surface area contributed by atoms with Crippen molar-refractivity contribution in [3.63, 3.8) is 0 Å². The highest BCUT2D eigenvalue weighted by atomic mass is 19.4. The summed E-state index contributed by atoms with van der Waals surface area (Å²) in [5.74, 6) is 0.308. The number of furan rings is 1. The van der Waals surface area contributed by atoms with Crippen molar-refractivity contribution in [2.75, 3.05) is 0 Å². The van der Waals surface area contributed by atoms with Gasteiger partial charge in [0.05, 0.1) is 11.8 Å². The quantitative estimate of drug-likeness (QED) is 0.781. The van der Waals surface area contributed by atoms with Gasteiger partial charge >= 0.3 is 6.18 Å². The largest absolute Gasteiger partial charge is 0.469 e. The van der Waals surface area contributed by atoms with E-state index in [-0.39, 0.29) is 17.8 Å². The Balaban J connectivity index is 2.07. The molecule has 1 aromatic carbocycles. The van der Waals surface area contributed by atoms with E-state index in [1.165, 1.54) is 18.4 Å². The van der Waals surface area contributed by atoms with E-state index in [4.69, 9.17) is 4.42 Å². The van der Waals surface area contributed by atoms with E-state index in [2.05, 4.69) is 0 Å². The fourth-order valence-electron chi connectivity index (χ4n) is 1.70. The van der Waals surface area contributed by atoms with E-state index in [1.807, 2.05) is 0 Å². The molecule has 0 bridgehead atoms. The standard InChI is InChI=1S/C14H11F3O2/c15-14(16,17)11-4-1-3-10(9-11)13(18)7-6-12-5-2-8-19-12/h1-5,8-9H,6-7H2. The summed E-state index contributed by atoms with van der Waals surface area (Å²) in [7, 11) is 0. The van der Waals surface area contributed by atoms with Crippen LogP contribution in [0.3, 0.4) is 0 Å². The van der Waals surface area contributed by atoms with E-state index < -0.39 is 11.7 Å². The van der Waals surface area contributed by atoms with Crippen LogP contribution in [0, 0.1) is 0 Å². The van der Waals surface area contributed by atoms with Gasteiger partial charge in [-0.2, -0.15) is 13.2 Å². The van der Waals surface area contributed by atoms with E-state index in [9.17, 15) is 18.0 Å². The van der Waals surface area contributed by atoms with Crippen molar-refractivity contribution in [3.8, 4) is 0 Å². The lowest BCUT2D eigenvalue weighted by Crippen LogP contribution is -2.07. The molecule has 0 saturated carbocycles. The molecular formula is C14H11F3O2. The zero-order valence-electron chi connectivity index (χ0n) is 9.91. The van der Waals surface area contributed by atoms with E-state index >= 15 is 0 Å². The molecule has 0 aliphatic carbocycles. The van der Waals surface area contributed by atoms with Gasteiger partial charge in [0.25, 0.3) is 0 Å². The predicted octanol–water partition coefficient (Wildman–Crippen LogP) is 4.11. The lowest BCUT2D eigenvalue weighted by molar-refractivity contribution is -0.137. The molecule has 1 aromatic heterocycles. The van der Waals surface area contributed by atoms with Crippen molar-refractivity contribution in [2.45, 2.75) is 19.0 Å². The molecule has 0 N–H and O–H groups in total. The summed E-state index contributed by atoms with van der Waals surface area (Å²) in [6.07, 6.45) is -2.45. The number of carbonyl (C=O) groups excluding carboxylic acids is 1. The molecule has 0 atom stereocenters. The number of ketones is 1. The Morgan fingerprint density at radius 3 is 2.58 bits per heavy atom. The van der Waals surface area contributed by atoms with Crippen molar-refractivity contribution >= 4 is 5.78 Å². The first-order valence-corrected chi connectivity index (χ1v) is 5.69. The summed E-state index contributed by atoms with van der Waals surface area (Å²) < 4.78 is 42.6. The SMILES string of the molecule is O=C(CCc1ccco1)c1cccc(C(F)(F)F)c1. The maximum Gasteiger partial charge on any atom is 0.416 e. The van der Waals surface area contributed by atoms with E-state index in [0.717, 1.165) is 12.1 Å². The van der Waals surface area contributed by atoms with Crippen LogP contribution >= 0.6 is 0 Å². The van der Waals surface area contributed by atoms with Crippen molar-refractivity contribution in [2.24, 2.45) is 0 Å². The zero-order valence-corrected chi connectivity index (χ0v) is 9.91. The Kier molecular flexibility index (Phi) is 3.74. The Hall–Kier alpha value is -2.04. The van der Waals surface area contributed by atoms with Gasteiger partial charge in [0.15, 0.2) is 5.78 Å². The number of rotatable bonds is 4. The summed E-state index contributed by atoms with van der Waals surface area (Å²) in [6, 6.07) is 7.87. The van der Waals surface area contributed by atoms with Crippen LogP contribution in [0.15, 0.2) is 47.1 Å². The third-order valence-electron chi connectivity index (χ3n) is 2.69. The smallest absolute Gasteiger partial charge is 0.416 e. The topological polar surface area (TPSA) is 30.2 Å². The average molecular weight is 268 g/mol. The monoisotopic (exact) mass is 268 g/mol. The number of halogens is 3. The van der Waals surface area contributed by atoms with Gasteiger partial charge in [-0.05, 0) is 24.3 Å². The average Bonchev–Trinajstić information content (AvgIpc) is 2.88. The summed E-state index contributed by atoms with van der Waals surface area (Å²) in [5.41, 5.74) is -0.738. The van der Waals surface area contributed by atoms with Crippen molar-refractivity contribution in [3.05, 3.63) is 59.5 Å². The number of hydrogen-bond acceptors (Lipinski definition) is 2. The molecular weight excluding hydrogens is 257 g/mol. The van der Waals surface area contributed by atoms with Crippen LogP contribution in [-0.2, 0) is 12.6 Å². The van der Waals surface area contributed by atoms with Crippen molar-refractivity contribution < 1.29 is 22.4 Å². The van der Waals surface area contributed by atoms with E-state index in [0.29, 0.717) is 12.2 Å². The molecule has 0 unspecified atom stereocenters. The second-order valence-corrected chi connectivity index (χ2v) is 4.08. The van der Waals surface area contributed by atoms with Crippen LogP contribution in [0.4, 0.5) is 13.2 Å². The lowest BCUT2D eigenvalue weighted by Gasteiger charge is -2.07. The van der Waals surface area contributed by atoms with Gasteiger partial charge in [0.1, 0.15) is 5.76 Å². The predicted molar refractivity (Wildman–Crippen MR) is 62.8 cm³/mol. The fraction of sp³-hybridized carbons (Fsp3) is 0.214. The number of hydrogen-bond donors (Lipinski definition) is 0. The third kappa shape index (κ3) is 3.47. The summed E-state index contributed by atoms with van der Waals surface area (Å²) >= 11 is 0. The lowest BCUT2D eigenvalue weighted by atomic mass is 10.0. The van der Waals surface area contributed by atoms with Gasteiger partial charge in [0, 0.05) is 18.4 Å². The third-order valence-corrected chi connectivity index (χ3v) is 2.69. The second-order valence-electron chi connectivity index (χ2n) is 4.08. The van der Waals surface area contributed by atoms with Gasteiger partial charge in [0.2, 0.25) is 0 Å². The molecule has 5 heteroatoms. The summed E-state index contributed by atoms with van der Waals surface area (Å²) in [5, 5.41) is 0. The van der Waals surface area contributed by atoms with Crippen LogP contribution in [0.1, 0.15) is 28.1 Å². The van der Waals surface area contributed by atoms with Crippen LogP contribution in [-0.4, -0.2) is 5.78 Å². The molecule has 2 aromatic rings. The summed E-state index contributed by atoms with van der Waals surface area (Å²) in [4.78, 5) is 11.8. The first kappa shape index (κ1) is 13.4. The highest BCUT2D eigenvalue weighted by molar-refractivity contribution is 5.96. The van der Waals surface area contributed by atoms with Gasteiger partial charge in [-0.25, -0.2) is 0 Å². The molecule has 0 spiro atoms. The molecule has 2 nitrogen and oxygen atoms in total. The first-order chi connectivity index (χ1) is 8.97. The number of aryl methyl sites for hydroxylation is 1. The number of benzene rings is 1. The van der Waals surface area contributed by atoms with Gasteiger partial charge in [-0.15, -0.1) is 0 Å². The first-order valence-electron chi connectivity index (χ1n) is 5.69. The Morgan fingerprint density at radius 1 is 1.16 bits per heavy atom. The number of Topliss-reactive ketones (excluding diaryl/α,β-unsaturated/α-hetero) is 1.